The Morgan fingerprint density at radius 3 is 2.26 bits per heavy atom. The molecule has 186 valence electrons. The van der Waals surface area contributed by atoms with Crippen molar-refractivity contribution in [3.8, 4) is 17.2 Å². The molecule has 2 unspecified atom stereocenters. The maximum atomic E-state index is 13.5. The monoisotopic (exact) mass is 531 g/mol. The number of carbonyl (C=O) groups is 1. The van der Waals surface area contributed by atoms with Crippen molar-refractivity contribution < 1.29 is 31.6 Å². The highest BCUT2D eigenvalue weighted by molar-refractivity contribution is 7.85. The predicted octanol–water partition coefficient (Wildman–Crippen LogP) is 4.24. The molecule has 2 atom stereocenters. The molecule has 1 aliphatic heterocycles. The Balaban J connectivity index is 1.92. The van der Waals surface area contributed by atoms with Gasteiger partial charge in [-0.1, -0.05) is 35.3 Å². The summed E-state index contributed by atoms with van der Waals surface area (Å²) in [6.45, 7) is 0.764. The van der Waals surface area contributed by atoms with E-state index in [0.717, 1.165) is 11.8 Å². The Morgan fingerprint density at radius 1 is 1.06 bits per heavy atom. The number of rotatable bonds is 9. The maximum Gasteiger partial charge on any atom is 0.264 e. The quantitative estimate of drug-likeness (QED) is 0.446. The standard InChI is InChI=1S/C23H27Cl2NO7S/c1-30-19-10-15(11-20(31-2)22(19)32-3)23(27)26-12-14(8-9-33-34(4,28)29)17(13-26)16-6-5-7-18(24)21(16)25/h5-7,10-11,14,17H,8-9,12-13H2,1-4H3. The first-order valence-corrected chi connectivity index (χ1v) is 13.0. The van der Waals surface area contributed by atoms with Crippen LogP contribution in [0.15, 0.2) is 30.3 Å². The molecule has 0 bridgehead atoms. The zero-order chi connectivity index (χ0) is 25.0. The largest absolute Gasteiger partial charge is 0.493 e. The van der Waals surface area contributed by atoms with Crippen molar-refractivity contribution in [3.05, 3.63) is 51.5 Å². The summed E-state index contributed by atoms with van der Waals surface area (Å²) in [5, 5.41) is 0.838. The minimum Gasteiger partial charge on any atom is -0.493 e. The van der Waals surface area contributed by atoms with Crippen LogP contribution < -0.4 is 14.2 Å². The van der Waals surface area contributed by atoms with Crippen LogP contribution in [0.4, 0.5) is 0 Å². The van der Waals surface area contributed by atoms with Gasteiger partial charge in [0.2, 0.25) is 5.75 Å². The van der Waals surface area contributed by atoms with Crippen LogP contribution in [-0.2, 0) is 14.3 Å². The third-order valence-electron chi connectivity index (χ3n) is 5.81. The normalized spacial score (nSPS) is 18.1. The third-order valence-corrected chi connectivity index (χ3v) is 7.24. The highest BCUT2D eigenvalue weighted by atomic mass is 35.5. The van der Waals surface area contributed by atoms with Gasteiger partial charge in [-0.15, -0.1) is 0 Å². The summed E-state index contributed by atoms with van der Waals surface area (Å²) >= 11 is 12.7. The van der Waals surface area contributed by atoms with E-state index in [2.05, 4.69) is 0 Å². The average molecular weight is 532 g/mol. The van der Waals surface area contributed by atoms with Gasteiger partial charge in [-0.25, -0.2) is 0 Å². The van der Waals surface area contributed by atoms with Gasteiger partial charge in [0.1, 0.15) is 0 Å². The third kappa shape index (κ3) is 5.89. The molecule has 0 spiro atoms. The van der Waals surface area contributed by atoms with Crippen molar-refractivity contribution in [2.24, 2.45) is 5.92 Å². The van der Waals surface area contributed by atoms with Crippen LogP contribution in [0.2, 0.25) is 10.0 Å². The molecule has 0 N–H and O–H groups in total. The number of nitrogens with zero attached hydrogens (tertiary/aromatic N) is 1. The van der Waals surface area contributed by atoms with Crippen molar-refractivity contribution in [2.75, 3.05) is 47.3 Å². The van der Waals surface area contributed by atoms with Crippen LogP contribution in [0.1, 0.15) is 28.3 Å². The van der Waals surface area contributed by atoms with E-state index in [9.17, 15) is 13.2 Å². The first-order chi connectivity index (χ1) is 16.1. The second-order valence-electron chi connectivity index (χ2n) is 7.95. The predicted molar refractivity (Wildman–Crippen MR) is 130 cm³/mol. The number of hydrogen-bond acceptors (Lipinski definition) is 7. The van der Waals surface area contributed by atoms with Crippen LogP contribution in [0.3, 0.4) is 0 Å². The highest BCUT2D eigenvalue weighted by Gasteiger charge is 2.38. The molecule has 2 aromatic rings. The summed E-state index contributed by atoms with van der Waals surface area (Å²) in [5.41, 5.74) is 1.18. The molecule has 2 aromatic carbocycles. The fourth-order valence-corrected chi connectivity index (χ4v) is 5.07. The lowest BCUT2D eigenvalue weighted by Crippen LogP contribution is -2.29. The summed E-state index contributed by atoms with van der Waals surface area (Å²) in [7, 11) is 0.881. The Hall–Kier alpha value is -2.20. The highest BCUT2D eigenvalue weighted by Crippen LogP contribution is 2.42. The molecule has 34 heavy (non-hydrogen) atoms. The number of benzene rings is 2. The molecule has 1 saturated heterocycles. The van der Waals surface area contributed by atoms with Gasteiger partial charge in [0, 0.05) is 24.6 Å². The molecule has 1 fully saturated rings. The fourth-order valence-electron chi connectivity index (χ4n) is 4.23. The van der Waals surface area contributed by atoms with Crippen molar-refractivity contribution in [2.45, 2.75) is 12.3 Å². The minimum atomic E-state index is -3.58. The van der Waals surface area contributed by atoms with E-state index in [1.165, 1.54) is 21.3 Å². The number of amides is 1. The molecule has 0 radical (unpaired) electrons. The van der Waals surface area contributed by atoms with E-state index in [4.69, 9.17) is 41.6 Å². The van der Waals surface area contributed by atoms with Gasteiger partial charge in [-0.05, 0) is 36.1 Å². The molecule has 8 nitrogen and oxygen atoms in total. The smallest absolute Gasteiger partial charge is 0.264 e. The molecule has 3 rings (SSSR count). The lowest BCUT2D eigenvalue weighted by molar-refractivity contribution is 0.0783. The van der Waals surface area contributed by atoms with E-state index in [0.29, 0.717) is 52.4 Å². The lowest BCUT2D eigenvalue weighted by atomic mass is 9.87. The van der Waals surface area contributed by atoms with Gasteiger partial charge in [0.05, 0.1) is 44.2 Å². The number of methoxy groups -OCH3 is 3. The second kappa shape index (κ2) is 11.0. The van der Waals surface area contributed by atoms with E-state index >= 15 is 0 Å². The number of ether oxygens (including phenoxy) is 3. The first-order valence-electron chi connectivity index (χ1n) is 10.5. The molecule has 1 heterocycles. The zero-order valence-corrected chi connectivity index (χ0v) is 21.7. The summed E-state index contributed by atoms with van der Waals surface area (Å²) in [6, 6.07) is 8.58. The summed E-state index contributed by atoms with van der Waals surface area (Å²) in [6.07, 6.45) is 1.42. The van der Waals surface area contributed by atoms with Gasteiger partial charge in [-0.3, -0.25) is 8.98 Å². The SMILES string of the molecule is COc1cc(C(=O)N2CC(CCOS(C)(=O)=O)C(c3cccc(Cl)c3Cl)C2)cc(OC)c1OC. The first kappa shape index (κ1) is 26.4. The van der Waals surface area contributed by atoms with Gasteiger partial charge >= 0.3 is 0 Å². The summed E-state index contributed by atoms with van der Waals surface area (Å²) in [4.78, 5) is 15.2. The van der Waals surface area contributed by atoms with Crippen LogP contribution in [0, 0.1) is 5.92 Å². The fraction of sp³-hybridized carbons (Fsp3) is 0.435. The van der Waals surface area contributed by atoms with Crippen LogP contribution >= 0.6 is 23.2 Å². The van der Waals surface area contributed by atoms with Crippen molar-refractivity contribution in [1.29, 1.82) is 0 Å². The Bertz CT molecular complexity index is 1130. The van der Waals surface area contributed by atoms with E-state index in [-0.39, 0.29) is 24.3 Å². The van der Waals surface area contributed by atoms with Gasteiger partial charge < -0.3 is 19.1 Å². The van der Waals surface area contributed by atoms with Crippen molar-refractivity contribution >= 4 is 39.2 Å². The van der Waals surface area contributed by atoms with Gasteiger partial charge in [0.15, 0.2) is 11.5 Å². The maximum absolute atomic E-state index is 13.5. The number of hydrogen-bond donors (Lipinski definition) is 0. The van der Waals surface area contributed by atoms with Crippen molar-refractivity contribution in [1.82, 2.24) is 4.90 Å². The molecular weight excluding hydrogens is 505 g/mol. The number of likely N-dealkylation sites (tertiary alicyclic amines) is 1. The van der Waals surface area contributed by atoms with Crippen LogP contribution in [0.5, 0.6) is 17.2 Å². The molecular formula is C23H27Cl2NO7S. The zero-order valence-electron chi connectivity index (χ0n) is 19.3. The Kier molecular flexibility index (Phi) is 8.57. The molecule has 1 amide bonds. The number of halogens is 2. The van der Waals surface area contributed by atoms with E-state index < -0.39 is 10.1 Å². The van der Waals surface area contributed by atoms with Crippen LogP contribution in [0.25, 0.3) is 0 Å². The molecule has 0 saturated carbocycles. The molecule has 0 aliphatic carbocycles. The lowest BCUT2D eigenvalue weighted by Gasteiger charge is -2.20. The summed E-state index contributed by atoms with van der Waals surface area (Å²) in [5.74, 6) is 0.661. The Labute approximate surface area is 209 Å². The van der Waals surface area contributed by atoms with E-state index in [1.807, 2.05) is 6.07 Å². The number of carbonyl (C=O) groups excluding carboxylic acids is 1. The molecule has 0 aromatic heterocycles. The topological polar surface area (TPSA) is 91.4 Å². The van der Waals surface area contributed by atoms with Crippen LogP contribution in [-0.4, -0.2) is 66.5 Å². The van der Waals surface area contributed by atoms with Crippen molar-refractivity contribution in [3.63, 3.8) is 0 Å². The minimum absolute atomic E-state index is 0.00436. The molecule has 11 heteroatoms. The second-order valence-corrected chi connectivity index (χ2v) is 10.4. The van der Waals surface area contributed by atoms with Gasteiger partial charge in [0.25, 0.3) is 16.0 Å². The van der Waals surface area contributed by atoms with E-state index in [1.54, 1.807) is 29.2 Å². The average Bonchev–Trinajstić information content (AvgIpc) is 3.22. The molecule has 1 aliphatic rings. The van der Waals surface area contributed by atoms with Gasteiger partial charge in [-0.2, -0.15) is 8.42 Å². The summed E-state index contributed by atoms with van der Waals surface area (Å²) < 4.78 is 43.9. The Morgan fingerprint density at radius 2 is 1.71 bits per heavy atom.